The zero-order chi connectivity index (χ0) is 16.7. The SMILES string of the molecule is Cc1ccc(-c2nc3sccn3c2Nc2ccc(C)cc2C)cc1. The van der Waals surface area contributed by atoms with E-state index in [4.69, 9.17) is 4.98 Å². The number of fused-ring (bicyclic) bond motifs is 1. The van der Waals surface area contributed by atoms with E-state index in [1.807, 2.05) is 0 Å². The van der Waals surface area contributed by atoms with Crippen LogP contribution in [0.15, 0.2) is 54.0 Å². The van der Waals surface area contributed by atoms with Gasteiger partial charge in [0.05, 0.1) is 0 Å². The molecule has 2 heterocycles. The van der Waals surface area contributed by atoms with Crippen molar-refractivity contribution in [3.8, 4) is 11.3 Å². The largest absolute Gasteiger partial charge is 0.339 e. The molecule has 0 saturated carbocycles. The lowest BCUT2D eigenvalue weighted by atomic mass is 10.1. The molecule has 2 aromatic carbocycles. The van der Waals surface area contributed by atoms with Gasteiger partial charge in [0, 0.05) is 22.8 Å². The van der Waals surface area contributed by atoms with E-state index < -0.39 is 0 Å². The second kappa shape index (κ2) is 5.80. The third kappa shape index (κ3) is 2.59. The number of hydrogen-bond donors (Lipinski definition) is 1. The molecule has 120 valence electrons. The quantitative estimate of drug-likeness (QED) is 0.518. The van der Waals surface area contributed by atoms with Crippen molar-refractivity contribution in [2.24, 2.45) is 0 Å². The van der Waals surface area contributed by atoms with Crippen LogP contribution in [0, 0.1) is 20.8 Å². The predicted molar refractivity (Wildman–Crippen MR) is 102 cm³/mol. The summed E-state index contributed by atoms with van der Waals surface area (Å²) in [7, 11) is 0. The monoisotopic (exact) mass is 333 g/mol. The summed E-state index contributed by atoms with van der Waals surface area (Å²) < 4.78 is 2.12. The number of aromatic nitrogens is 2. The highest BCUT2D eigenvalue weighted by atomic mass is 32.1. The van der Waals surface area contributed by atoms with Crippen LogP contribution in [0.3, 0.4) is 0 Å². The van der Waals surface area contributed by atoms with E-state index in [1.54, 1.807) is 11.3 Å². The Kier molecular flexibility index (Phi) is 3.62. The standard InChI is InChI=1S/C20H19N3S/c1-13-4-7-16(8-5-13)18-19(23-10-11-24-20(23)22-18)21-17-9-6-14(2)12-15(17)3/h4-12,21H,1-3H3. The van der Waals surface area contributed by atoms with Gasteiger partial charge in [0.25, 0.3) is 0 Å². The molecule has 4 heteroatoms. The number of aryl methyl sites for hydroxylation is 3. The van der Waals surface area contributed by atoms with Crippen molar-refractivity contribution in [3.63, 3.8) is 0 Å². The molecule has 0 unspecified atom stereocenters. The Hall–Kier alpha value is -2.59. The first-order chi connectivity index (χ1) is 11.6. The number of nitrogens with one attached hydrogen (secondary N) is 1. The molecule has 2 aromatic heterocycles. The van der Waals surface area contributed by atoms with Gasteiger partial charge in [-0.05, 0) is 32.4 Å². The summed E-state index contributed by atoms with van der Waals surface area (Å²) in [5.41, 5.74) is 6.98. The maximum absolute atomic E-state index is 4.83. The lowest BCUT2D eigenvalue weighted by Crippen LogP contribution is -1.98. The van der Waals surface area contributed by atoms with E-state index in [9.17, 15) is 0 Å². The van der Waals surface area contributed by atoms with Crippen LogP contribution in [0.2, 0.25) is 0 Å². The van der Waals surface area contributed by atoms with Gasteiger partial charge in [-0.15, -0.1) is 11.3 Å². The Bertz CT molecular complexity index is 1010. The van der Waals surface area contributed by atoms with E-state index in [1.165, 1.54) is 16.7 Å². The predicted octanol–water partition coefficient (Wildman–Crippen LogP) is 5.73. The highest BCUT2D eigenvalue weighted by molar-refractivity contribution is 7.15. The molecule has 4 aromatic rings. The van der Waals surface area contributed by atoms with Gasteiger partial charge in [-0.1, -0.05) is 47.5 Å². The molecule has 4 rings (SSSR count). The topological polar surface area (TPSA) is 29.3 Å². The average molecular weight is 333 g/mol. The van der Waals surface area contributed by atoms with Crippen LogP contribution in [0.25, 0.3) is 16.2 Å². The third-order valence-corrected chi connectivity index (χ3v) is 4.98. The summed E-state index contributed by atoms with van der Waals surface area (Å²) in [5.74, 6) is 1.02. The van der Waals surface area contributed by atoms with Gasteiger partial charge in [-0.25, -0.2) is 4.98 Å². The summed E-state index contributed by atoms with van der Waals surface area (Å²) >= 11 is 1.65. The summed E-state index contributed by atoms with van der Waals surface area (Å²) in [5, 5.41) is 5.66. The Morgan fingerprint density at radius 3 is 2.46 bits per heavy atom. The summed E-state index contributed by atoms with van der Waals surface area (Å²) in [6, 6.07) is 15.0. The Balaban J connectivity index is 1.85. The highest BCUT2D eigenvalue weighted by Gasteiger charge is 2.15. The summed E-state index contributed by atoms with van der Waals surface area (Å²) in [6.07, 6.45) is 2.07. The number of benzene rings is 2. The van der Waals surface area contributed by atoms with Gasteiger partial charge < -0.3 is 5.32 Å². The normalized spacial score (nSPS) is 11.1. The van der Waals surface area contributed by atoms with Crippen molar-refractivity contribution in [2.75, 3.05) is 5.32 Å². The number of anilines is 2. The first kappa shape index (κ1) is 15.0. The molecule has 0 aliphatic rings. The maximum Gasteiger partial charge on any atom is 0.195 e. The summed E-state index contributed by atoms with van der Waals surface area (Å²) in [6.45, 7) is 6.35. The molecule has 0 aliphatic carbocycles. The fraction of sp³-hybridized carbons (Fsp3) is 0.150. The van der Waals surface area contributed by atoms with E-state index >= 15 is 0 Å². The number of imidazole rings is 1. The number of nitrogens with zero attached hydrogens (tertiary/aromatic N) is 2. The van der Waals surface area contributed by atoms with Gasteiger partial charge in [0.1, 0.15) is 11.5 Å². The van der Waals surface area contributed by atoms with Crippen LogP contribution >= 0.6 is 11.3 Å². The van der Waals surface area contributed by atoms with Crippen LogP contribution in [0.1, 0.15) is 16.7 Å². The zero-order valence-electron chi connectivity index (χ0n) is 14.0. The second-order valence-electron chi connectivity index (χ2n) is 6.17. The lowest BCUT2D eigenvalue weighted by molar-refractivity contribution is 1.22. The maximum atomic E-state index is 4.83. The minimum absolute atomic E-state index is 0.988. The average Bonchev–Trinajstić information content (AvgIpc) is 3.13. The van der Waals surface area contributed by atoms with Gasteiger partial charge in [-0.2, -0.15) is 0 Å². The number of hydrogen-bond acceptors (Lipinski definition) is 3. The Labute approximate surface area is 145 Å². The fourth-order valence-corrected chi connectivity index (χ4v) is 3.61. The molecule has 0 spiro atoms. The van der Waals surface area contributed by atoms with Crippen molar-refractivity contribution < 1.29 is 0 Å². The molecular formula is C20H19N3S. The highest BCUT2D eigenvalue weighted by Crippen LogP contribution is 2.33. The molecule has 0 radical (unpaired) electrons. The first-order valence-corrected chi connectivity index (χ1v) is 8.86. The minimum atomic E-state index is 0.988. The van der Waals surface area contributed by atoms with Gasteiger partial charge in [0.15, 0.2) is 4.96 Å². The van der Waals surface area contributed by atoms with Gasteiger partial charge >= 0.3 is 0 Å². The molecule has 0 aliphatic heterocycles. The molecule has 24 heavy (non-hydrogen) atoms. The van der Waals surface area contributed by atoms with Crippen molar-refractivity contribution in [1.82, 2.24) is 9.38 Å². The summed E-state index contributed by atoms with van der Waals surface area (Å²) in [4.78, 5) is 5.83. The van der Waals surface area contributed by atoms with Crippen molar-refractivity contribution in [3.05, 3.63) is 70.7 Å². The van der Waals surface area contributed by atoms with E-state index in [0.717, 1.165) is 27.7 Å². The van der Waals surface area contributed by atoms with Crippen LogP contribution in [0.5, 0.6) is 0 Å². The van der Waals surface area contributed by atoms with Gasteiger partial charge in [-0.3, -0.25) is 4.40 Å². The molecule has 0 saturated heterocycles. The molecule has 0 amide bonds. The third-order valence-electron chi connectivity index (χ3n) is 4.22. The zero-order valence-corrected chi connectivity index (χ0v) is 14.8. The molecular weight excluding hydrogens is 314 g/mol. The molecule has 1 N–H and O–H groups in total. The van der Waals surface area contributed by atoms with E-state index in [2.05, 4.69) is 84.5 Å². The fourth-order valence-electron chi connectivity index (χ4n) is 2.90. The lowest BCUT2D eigenvalue weighted by Gasteiger charge is -2.11. The smallest absolute Gasteiger partial charge is 0.195 e. The first-order valence-electron chi connectivity index (χ1n) is 7.99. The second-order valence-corrected chi connectivity index (χ2v) is 7.05. The van der Waals surface area contributed by atoms with Crippen LogP contribution in [-0.2, 0) is 0 Å². The number of thiazole rings is 1. The number of rotatable bonds is 3. The van der Waals surface area contributed by atoms with Crippen molar-refractivity contribution >= 4 is 27.8 Å². The molecule has 0 fully saturated rings. The molecule has 3 nitrogen and oxygen atoms in total. The Morgan fingerprint density at radius 1 is 0.958 bits per heavy atom. The van der Waals surface area contributed by atoms with Crippen molar-refractivity contribution in [2.45, 2.75) is 20.8 Å². The Morgan fingerprint density at radius 2 is 1.71 bits per heavy atom. The van der Waals surface area contributed by atoms with E-state index in [-0.39, 0.29) is 0 Å². The molecule has 0 atom stereocenters. The van der Waals surface area contributed by atoms with Crippen LogP contribution in [0.4, 0.5) is 11.5 Å². The van der Waals surface area contributed by atoms with Gasteiger partial charge in [0.2, 0.25) is 0 Å². The van der Waals surface area contributed by atoms with Crippen LogP contribution < -0.4 is 5.32 Å². The van der Waals surface area contributed by atoms with E-state index in [0.29, 0.717) is 0 Å². The minimum Gasteiger partial charge on any atom is -0.339 e. The molecule has 0 bridgehead atoms. The van der Waals surface area contributed by atoms with Crippen LogP contribution in [-0.4, -0.2) is 9.38 Å². The van der Waals surface area contributed by atoms with Crippen molar-refractivity contribution in [1.29, 1.82) is 0 Å².